The van der Waals surface area contributed by atoms with Gasteiger partial charge < -0.3 is 18.9 Å². The molecule has 2 unspecified atom stereocenters. The van der Waals surface area contributed by atoms with Crippen LogP contribution >= 0.6 is 7.82 Å². The monoisotopic (exact) mass is 763 g/mol. The van der Waals surface area contributed by atoms with Crippen LogP contribution < -0.4 is 0 Å². The standard InChI is InChI=1S/C43H88NO7P/c1-6-8-10-12-14-16-18-20-22-23-25-27-29-31-33-35-38-48-40-42(41-50-52(46,47)49-39-37-44(3,4)5)51-43(45)36-34-32-30-28-26-24-21-19-17-15-13-11-9-7-2/h42H,6-41H2,1-5H3/p+1. The zero-order valence-corrected chi connectivity index (χ0v) is 36.2. The van der Waals surface area contributed by atoms with E-state index < -0.39 is 13.9 Å². The fourth-order valence-electron chi connectivity index (χ4n) is 6.44. The summed E-state index contributed by atoms with van der Waals surface area (Å²) in [6.07, 6.45) is 38.4. The maximum atomic E-state index is 12.7. The number of unbranched alkanes of at least 4 members (excludes halogenated alkanes) is 28. The summed E-state index contributed by atoms with van der Waals surface area (Å²) in [6, 6.07) is 0. The van der Waals surface area contributed by atoms with Gasteiger partial charge in [0.15, 0.2) is 0 Å². The summed E-state index contributed by atoms with van der Waals surface area (Å²) < 4.78 is 35.0. The van der Waals surface area contributed by atoms with E-state index in [-0.39, 0.29) is 25.8 Å². The van der Waals surface area contributed by atoms with Crippen LogP contribution in [0.5, 0.6) is 0 Å². The van der Waals surface area contributed by atoms with Crippen LogP contribution in [0.2, 0.25) is 0 Å². The maximum absolute atomic E-state index is 12.7. The van der Waals surface area contributed by atoms with E-state index in [9.17, 15) is 14.3 Å². The molecule has 0 bridgehead atoms. The van der Waals surface area contributed by atoms with Crippen molar-refractivity contribution in [3.8, 4) is 0 Å². The molecule has 0 fully saturated rings. The van der Waals surface area contributed by atoms with Crippen molar-refractivity contribution in [1.29, 1.82) is 0 Å². The van der Waals surface area contributed by atoms with Crippen molar-refractivity contribution in [2.75, 3.05) is 54.1 Å². The van der Waals surface area contributed by atoms with Crippen molar-refractivity contribution in [3.05, 3.63) is 0 Å². The topological polar surface area (TPSA) is 91.3 Å². The van der Waals surface area contributed by atoms with Crippen LogP contribution in [-0.2, 0) is 27.9 Å². The quantitative estimate of drug-likeness (QED) is 0.0286. The Morgan fingerprint density at radius 1 is 0.519 bits per heavy atom. The Balaban J connectivity index is 4.18. The van der Waals surface area contributed by atoms with Gasteiger partial charge in [-0.3, -0.25) is 13.8 Å². The molecule has 0 aromatic carbocycles. The molecule has 0 aliphatic carbocycles. The minimum Gasteiger partial charge on any atom is -0.457 e. The van der Waals surface area contributed by atoms with Crippen LogP contribution in [0, 0.1) is 0 Å². The number of phosphoric acid groups is 1. The Hall–Kier alpha value is -0.500. The predicted molar refractivity (Wildman–Crippen MR) is 220 cm³/mol. The van der Waals surface area contributed by atoms with Gasteiger partial charge >= 0.3 is 13.8 Å². The molecular formula is C43H89NO7P+. The molecule has 0 radical (unpaired) electrons. The van der Waals surface area contributed by atoms with E-state index in [4.69, 9.17) is 18.5 Å². The molecule has 0 aliphatic heterocycles. The lowest BCUT2D eigenvalue weighted by Crippen LogP contribution is -2.37. The summed E-state index contributed by atoms with van der Waals surface area (Å²) in [7, 11) is 1.69. The Bertz CT molecular complexity index is 807. The number of carbonyl (C=O) groups excluding carboxylic acids is 1. The van der Waals surface area contributed by atoms with E-state index in [1.165, 1.54) is 161 Å². The van der Waals surface area contributed by atoms with Gasteiger partial charge in [-0.2, -0.15) is 0 Å². The number of rotatable bonds is 42. The van der Waals surface area contributed by atoms with Crippen molar-refractivity contribution in [2.24, 2.45) is 0 Å². The Labute approximate surface area is 323 Å². The summed E-state index contributed by atoms with van der Waals surface area (Å²) in [6.45, 7) is 5.68. The molecule has 52 heavy (non-hydrogen) atoms. The smallest absolute Gasteiger partial charge is 0.457 e. The Kier molecular flexibility index (Phi) is 37.1. The van der Waals surface area contributed by atoms with E-state index in [1.54, 1.807) is 0 Å². The molecule has 1 N–H and O–H groups in total. The van der Waals surface area contributed by atoms with Gasteiger partial charge in [-0.15, -0.1) is 0 Å². The van der Waals surface area contributed by atoms with Gasteiger partial charge in [0.25, 0.3) is 0 Å². The minimum absolute atomic E-state index is 0.0939. The highest BCUT2D eigenvalue weighted by Gasteiger charge is 2.26. The third-order valence-corrected chi connectivity index (χ3v) is 10.9. The highest BCUT2D eigenvalue weighted by Crippen LogP contribution is 2.43. The van der Waals surface area contributed by atoms with Gasteiger partial charge in [-0.1, -0.05) is 194 Å². The number of ether oxygens (including phenoxy) is 2. The summed E-state index contributed by atoms with van der Waals surface area (Å²) >= 11 is 0. The molecule has 0 aliphatic rings. The lowest BCUT2D eigenvalue weighted by Gasteiger charge is -2.24. The third-order valence-electron chi connectivity index (χ3n) is 9.92. The number of nitrogens with zero attached hydrogens (tertiary/aromatic N) is 1. The summed E-state index contributed by atoms with van der Waals surface area (Å²) in [5.74, 6) is -0.308. The van der Waals surface area contributed by atoms with Gasteiger partial charge in [-0.25, -0.2) is 4.57 Å². The summed E-state index contributed by atoms with van der Waals surface area (Å²) in [4.78, 5) is 22.9. The highest BCUT2D eigenvalue weighted by atomic mass is 31.2. The van der Waals surface area contributed by atoms with Crippen LogP contribution in [0.4, 0.5) is 0 Å². The molecule has 312 valence electrons. The molecule has 0 aromatic heterocycles. The van der Waals surface area contributed by atoms with E-state index in [2.05, 4.69) is 13.8 Å². The Morgan fingerprint density at radius 3 is 1.27 bits per heavy atom. The normalized spacial score (nSPS) is 13.7. The van der Waals surface area contributed by atoms with Crippen molar-refractivity contribution in [2.45, 2.75) is 219 Å². The zero-order valence-electron chi connectivity index (χ0n) is 35.3. The third kappa shape index (κ3) is 40.7. The number of likely N-dealkylation sites (N-methyl/N-ethyl adjacent to an activating group) is 1. The second-order valence-electron chi connectivity index (χ2n) is 16.4. The average molecular weight is 763 g/mol. The molecule has 0 spiro atoms. The number of carbonyl (C=O) groups is 1. The molecule has 2 atom stereocenters. The van der Waals surface area contributed by atoms with Gasteiger partial charge in [0.05, 0.1) is 34.4 Å². The van der Waals surface area contributed by atoms with Gasteiger partial charge in [0.1, 0.15) is 19.3 Å². The first kappa shape index (κ1) is 51.5. The molecule has 8 nitrogen and oxygen atoms in total. The van der Waals surface area contributed by atoms with Crippen molar-refractivity contribution in [1.82, 2.24) is 0 Å². The molecule has 0 aromatic rings. The van der Waals surface area contributed by atoms with Crippen molar-refractivity contribution in [3.63, 3.8) is 0 Å². The number of hydrogen-bond donors (Lipinski definition) is 1. The zero-order chi connectivity index (χ0) is 38.4. The molecule has 0 saturated heterocycles. The van der Waals surface area contributed by atoms with E-state index in [0.29, 0.717) is 24.1 Å². The van der Waals surface area contributed by atoms with Crippen LogP contribution in [-0.4, -0.2) is 75.6 Å². The van der Waals surface area contributed by atoms with Crippen LogP contribution in [0.3, 0.4) is 0 Å². The largest absolute Gasteiger partial charge is 0.472 e. The predicted octanol–water partition coefficient (Wildman–Crippen LogP) is 12.9. The van der Waals surface area contributed by atoms with Crippen molar-refractivity contribution < 1.29 is 37.3 Å². The number of quaternary nitrogens is 1. The van der Waals surface area contributed by atoms with E-state index in [1.807, 2.05) is 21.1 Å². The summed E-state index contributed by atoms with van der Waals surface area (Å²) in [5, 5.41) is 0. The molecular weight excluding hydrogens is 673 g/mol. The fourth-order valence-corrected chi connectivity index (χ4v) is 7.18. The van der Waals surface area contributed by atoms with E-state index >= 15 is 0 Å². The molecule has 9 heteroatoms. The first-order chi connectivity index (χ1) is 25.1. The second-order valence-corrected chi connectivity index (χ2v) is 17.9. The molecule has 0 amide bonds. The van der Waals surface area contributed by atoms with Crippen LogP contribution in [0.15, 0.2) is 0 Å². The number of hydrogen-bond acceptors (Lipinski definition) is 6. The SMILES string of the molecule is CCCCCCCCCCCCCCCCCCOCC(COP(=O)(O)OCC[N+](C)(C)C)OC(=O)CCCCCCCCCCCCCCCC. The summed E-state index contributed by atoms with van der Waals surface area (Å²) in [5.41, 5.74) is 0. The molecule has 0 rings (SSSR count). The van der Waals surface area contributed by atoms with Crippen LogP contribution in [0.25, 0.3) is 0 Å². The number of esters is 1. The van der Waals surface area contributed by atoms with Crippen molar-refractivity contribution >= 4 is 13.8 Å². The Morgan fingerprint density at radius 2 is 0.885 bits per heavy atom. The first-order valence-electron chi connectivity index (χ1n) is 22.3. The fraction of sp³-hybridized carbons (Fsp3) is 0.977. The second kappa shape index (κ2) is 37.4. The lowest BCUT2D eigenvalue weighted by molar-refractivity contribution is -0.870. The molecule has 0 heterocycles. The average Bonchev–Trinajstić information content (AvgIpc) is 3.09. The molecule has 0 saturated carbocycles. The van der Waals surface area contributed by atoms with E-state index in [0.717, 1.165) is 32.1 Å². The minimum atomic E-state index is -4.26. The van der Waals surface area contributed by atoms with Gasteiger partial charge in [0, 0.05) is 13.0 Å². The lowest BCUT2D eigenvalue weighted by atomic mass is 10.0. The number of phosphoric ester groups is 1. The van der Waals surface area contributed by atoms with Gasteiger partial charge in [-0.05, 0) is 12.8 Å². The van der Waals surface area contributed by atoms with Gasteiger partial charge in [0.2, 0.25) is 0 Å². The first-order valence-corrected chi connectivity index (χ1v) is 23.8. The van der Waals surface area contributed by atoms with Crippen LogP contribution in [0.1, 0.15) is 213 Å². The maximum Gasteiger partial charge on any atom is 0.472 e. The highest BCUT2D eigenvalue weighted by molar-refractivity contribution is 7.47.